The molecule has 0 atom stereocenters. The number of hydrogen-bond acceptors (Lipinski definition) is 2. The van der Waals surface area contributed by atoms with Gasteiger partial charge in [0.1, 0.15) is 5.75 Å². The first kappa shape index (κ1) is 13.7. The lowest BCUT2D eigenvalue weighted by Gasteiger charge is -2.13. The standard InChI is InChI=1S/C11H11ClF2O3/c1-6-8(4-10(15)16)2-7(5-12)3-9(6)17-11(13)14/h2-3,11H,4-5H2,1H3,(H,15,16). The number of carboxylic acids is 1. The maximum atomic E-state index is 12.2. The fourth-order valence-electron chi connectivity index (χ4n) is 1.45. The van der Waals surface area contributed by atoms with Crippen molar-refractivity contribution in [2.24, 2.45) is 0 Å². The van der Waals surface area contributed by atoms with Gasteiger partial charge in [0.15, 0.2) is 0 Å². The van der Waals surface area contributed by atoms with E-state index in [9.17, 15) is 13.6 Å². The highest BCUT2D eigenvalue weighted by Crippen LogP contribution is 2.27. The van der Waals surface area contributed by atoms with E-state index in [2.05, 4.69) is 4.74 Å². The quantitative estimate of drug-likeness (QED) is 0.832. The molecule has 0 amide bonds. The van der Waals surface area contributed by atoms with Gasteiger partial charge in [0, 0.05) is 5.88 Å². The van der Waals surface area contributed by atoms with Crippen LogP contribution >= 0.6 is 11.6 Å². The number of hydrogen-bond donors (Lipinski definition) is 1. The third kappa shape index (κ3) is 3.85. The molecular formula is C11H11ClF2O3. The molecule has 0 aromatic heterocycles. The lowest BCUT2D eigenvalue weighted by molar-refractivity contribution is -0.136. The molecule has 1 aromatic carbocycles. The molecule has 0 saturated carbocycles. The Morgan fingerprint density at radius 3 is 2.65 bits per heavy atom. The second-order valence-electron chi connectivity index (χ2n) is 3.46. The molecule has 0 fully saturated rings. The molecular weight excluding hydrogens is 254 g/mol. The summed E-state index contributed by atoms with van der Waals surface area (Å²) in [5, 5.41) is 8.71. The molecule has 1 aromatic rings. The smallest absolute Gasteiger partial charge is 0.387 e. The average Bonchev–Trinajstić information content (AvgIpc) is 2.22. The summed E-state index contributed by atoms with van der Waals surface area (Å²) in [6.45, 7) is -1.41. The van der Waals surface area contributed by atoms with E-state index in [0.29, 0.717) is 16.7 Å². The number of alkyl halides is 3. The van der Waals surface area contributed by atoms with E-state index >= 15 is 0 Å². The van der Waals surface area contributed by atoms with Crippen molar-refractivity contribution in [2.75, 3.05) is 0 Å². The highest BCUT2D eigenvalue weighted by atomic mass is 35.5. The number of rotatable bonds is 5. The highest BCUT2D eigenvalue weighted by molar-refractivity contribution is 6.17. The number of halogens is 3. The van der Waals surface area contributed by atoms with E-state index in [0.717, 1.165) is 0 Å². The molecule has 0 radical (unpaired) electrons. The van der Waals surface area contributed by atoms with Gasteiger partial charge in [-0.25, -0.2) is 0 Å². The zero-order valence-corrected chi connectivity index (χ0v) is 9.80. The third-order valence-corrected chi connectivity index (χ3v) is 2.55. The average molecular weight is 265 g/mol. The Morgan fingerprint density at radius 1 is 1.53 bits per heavy atom. The van der Waals surface area contributed by atoms with E-state index in [-0.39, 0.29) is 18.1 Å². The van der Waals surface area contributed by atoms with Gasteiger partial charge in [0.2, 0.25) is 0 Å². The maximum absolute atomic E-state index is 12.2. The van der Waals surface area contributed by atoms with E-state index < -0.39 is 12.6 Å². The minimum atomic E-state index is -2.95. The van der Waals surface area contributed by atoms with Gasteiger partial charge < -0.3 is 9.84 Å². The molecule has 0 aliphatic rings. The summed E-state index contributed by atoms with van der Waals surface area (Å²) in [4.78, 5) is 10.6. The summed E-state index contributed by atoms with van der Waals surface area (Å²) in [6, 6.07) is 2.97. The van der Waals surface area contributed by atoms with Crippen molar-refractivity contribution in [3.63, 3.8) is 0 Å². The summed E-state index contributed by atoms with van der Waals surface area (Å²) in [7, 11) is 0. The van der Waals surface area contributed by atoms with Gasteiger partial charge in [-0.3, -0.25) is 4.79 Å². The van der Waals surface area contributed by atoms with Crippen LogP contribution in [0.25, 0.3) is 0 Å². The van der Waals surface area contributed by atoms with Crippen LogP contribution in [0.4, 0.5) is 8.78 Å². The molecule has 6 heteroatoms. The first-order valence-electron chi connectivity index (χ1n) is 4.79. The summed E-state index contributed by atoms with van der Waals surface area (Å²) in [5.41, 5.74) is 1.36. The summed E-state index contributed by atoms with van der Waals surface area (Å²) in [6.07, 6.45) is -0.254. The number of aliphatic carboxylic acids is 1. The van der Waals surface area contributed by atoms with Gasteiger partial charge in [-0.1, -0.05) is 6.07 Å². The Balaban J connectivity index is 3.15. The number of carboxylic acid groups (broad SMARTS) is 1. The van der Waals surface area contributed by atoms with Crippen LogP contribution in [0, 0.1) is 6.92 Å². The Bertz CT molecular complexity index is 421. The van der Waals surface area contributed by atoms with Crippen LogP contribution in [-0.4, -0.2) is 17.7 Å². The Morgan fingerprint density at radius 2 is 2.18 bits per heavy atom. The normalized spacial score (nSPS) is 10.6. The fraction of sp³-hybridized carbons (Fsp3) is 0.364. The van der Waals surface area contributed by atoms with E-state index in [1.807, 2.05) is 0 Å². The molecule has 17 heavy (non-hydrogen) atoms. The first-order chi connectivity index (χ1) is 7.93. The van der Waals surface area contributed by atoms with Crippen LogP contribution in [0.2, 0.25) is 0 Å². The molecule has 0 heterocycles. The van der Waals surface area contributed by atoms with E-state index in [4.69, 9.17) is 16.7 Å². The molecule has 0 unspecified atom stereocenters. The molecule has 1 N–H and O–H groups in total. The van der Waals surface area contributed by atoms with Crippen molar-refractivity contribution in [2.45, 2.75) is 25.8 Å². The van der Waals surface area contributed by atoms with Crippen molar-refractivity contribution < 1.29 is 23.4 Å². The minimum Gasteiger partial charge on any atom is -0.481 e. The fourth-order valence-corrected chi connectivity index (χ4v) is 1.60. The predicted molar refractivity (Wildman–Crippen MR) is 58.7 cm³/mol. The van der Waals surface area contributed by atoms with Gasteiger partial charge in [0.05, 0.1) is 6.42 Å². The summed E-state index contributed by atoms with van der Waals surface area (Å²) < 4.78 is 28.6. The molecule has 3 nitrogen and oxygen atoms in total. The molecule has 0 aliphatic carbocycles. The lowest BCUT2D eigenvalue weighted by Crippen LogP contribution is -2.08. The third-order valence-electron chi connectivity index (χ3n) is 2.24. The molecule has 0 spiro atoms. The number of benzene rings is 1. The zero-order chi connectivity index (χ0) is 13.0. The summed E-state index contributed by atoms with van der Waals surface area (Å²) >= 11 is 5.61. The Labute approximate surface area is 102 Å². The Kier molecular flexibility index (Phi) is 4.69. The van der Waals surface area contributed by atoms with Crippen LogP contribution in [-0.2, 0) is 17.1 Å². The number of ether oxygens (including phenoxy) is 1. The van der Waals surface area contributed by atoms with Crippen LogP contribution in [0.15, 0.2) is 12.1 Å². The van der Waals surface area contributed by atoms with Crippen LogP contribution < -0.4 is 4.74 Å². The zero-order valence-electron chi connectivity index (χ0n) is 9.04. The Hall–Kier alpha value is -1.36. The topological polar surface area (TPSA) is 46.5 Å². The van der Waals surface area contributed by atoms with Crippen LogP contribution in [0.3, 0.4) is 0 Å². The summed E-state index contributed by atoms with van der Waals surface area (Å²) in [5.74, 6) is -0.968. The van der Waals surface area contributed by atoms with E-state index in [1.165, 1.54) is 13.0 Å². The molecule has 0 aliphatic heterocycles. The van der Waals surface area contributed by atoms with Crippen molar-refractivity contribution in [1.29, 1.82) is 0 Å². The molecule has 1 rings (SSSR count). The van der Waals surface area contributed by atoms with Gasteiger partial charge in [-0.05, 0) is 29.7 Å². The van der Waals surface area contributed by atoms with E-state index in [1.54, 1.807) is 6.07 Å². The number of carbonyl (C=O) groups is 1. The first-order valence-corrected chi connectivity index (χ1v) is 5.32. The van der Waals surface area contributed by atoms with Crippen molar-refractivity contribution in [3.8, 4) is 5.75 Å². The van der Waals surface area contributed by atoms with Crippen molar-refractivity contribution in [3.05, 3.63) is 28.8 Å². The predicted octanol–water partition coefficient (Wildman–Crippen LogP) is 2.96. The second kappa shape index (κ2) is 5.82. The van der Waals surface area contributed by atoms with Crippen LogP contribution in [0.5, 0.6) is 5.75 Å². The molecule has 0 saturated heterocycles. The van der Waals surface area contributed by atoms with Gasteiger partial charge >= 0.3 is 12.6 Å². The lowest BCUT2D eigenvalue weighted by atomic mass is 10.0. The molecule has 0 bridgehead atoms. The SMILES string of the molecule is Cc1c(CC(=O)O)cc(CCl)cc1OC(F)F. The van der Waals surface area contributed by atoms with Crippen LogP contribution in [0.1, 0.15) is 16.7 Å². The largest absolute Gasteiger partial charge is 0.481 e. The second-order valence-corrected chi connectivity index (χ2v) is 3.73. The van der Waals surface area contributed by atoms with Gasteiger partial charge in [0.25, 0.3) is 0 Å². The van der Waals surface area contributed by atoms with Gasteiger partial charge in [-0.2, -0.15) is 8.78 Å². The van der Waals surface area contributed by atoms with Crippen molar-refractivity contribution in [1.82, 2.24) is 0 Å². The minimum absolute atomic E-state index is 0.0330. The molecule has 94 valence electrons. The highest BCUT2D eigenvalue weighted by Gasteiger charge is 2.14. The maximum Gasteiger partial charge on any atom is 0.387 e. The van der Waals surface area contributed by atoms with Crippen molar-refractivity contribution >= 4 is 17.6 Å². The monoisotopic (exact) mass is 264 g/mol. The van der Waals surface area contributed by atoms with Gasteiger partial charge in [-0.15, -0.1) is 11.6 Å².